The topological polar surface area (TPSA) is 45.1 Å². The number of anilines is 1. The second kappa shape index (κ2) is 5.43. The molecule has 0 amide bonds. The lowest BCUT2D eigenvalue weighted by atomic mass is 10.2. The van der Waals surface area contributed by atoms with Crippen LogP contribution in [-0.4, -0.2) is 16.7 Å². The highest BCUT2D eigenvalue weighted by molar-refractivity contribution is 9.10. The van der Waals surface area contributed by atoms with Crippen LogP contribution in [0.25, 0.3) is 0 Å². The molecule has 0 aliphatic carbocycles. The van der Waals surface area contributed by atoms with Crippen molar-refractivity contribution in [1.29, 1.82) is 0 Å². The number of aliphatic hydroxyl groups is 1. The molecule has 1 aromatic heterocycles. The molecular formula is C11H11BrN2OS. The molecule has 84 valence electrons. The molecule has 0 saturated carbocycles. The fourth-order valence-electron chi connectivity index (χ4n) is 1.37. The summed E-state index contributed by atoms with van der Waals surface area (Å²) in [7, 11) is 0. The molecule has 3 nitrogen and oxygen atoms in total. The average molecular weight is 299 g/mol. The molecule has 0 saturated heterocycles. The van der Waals surface area contributed by atoms with E-state index in [1.807, 2.05) is 24.3 Å². The molecule has 0 aliphatic heterocycles. The fourth-order valence-corrected chi connectivity index (χ4v) is 2.43. The summed E-state index contributed by atoms with van der Waals surface area (Å²) in [6, 6.07) is 7.73. The quantitative estimate of drug-likeness (QED) is 0.912. The minimum absolute atomic E-state index is 0.0452. The maximum absolute atomic E-state index is 9.35. The molecule has 0 fully saturated rings. The maximum atomic E-state index is 9.35. The van der Waals surface area contributed by atoms with Crippen LogP contribution in [0.5, 0.6) is 0 Å². The van der Waals surface area contributed by atoms with E-state index in [0.717, 1.165) is 15.0 Å². The minimum Gasteiger partial charge on any atom is -0.394 e. The summed E-state index contributed by atoms with van der Waals surface area (Å²) in [5.74, 6) is 0. The molecular weight excluding hydrogens is 288 g/mol. The normalized spacial score (nSPS) is 12.4. The van der Waals surface area contributed by atoms with Crippen LogP contribution in [0, 0.1) is 0 Å². The molecule has 2 aromatic rings. The first kappa shape index (κ1) is 11.6. The predicted octanol–water partition coefficient (Wildman–Crippen LogP) is 3.05. The molecule has 1 unspecified atom stereocenters. The Balaban J connectivity index is 2.17. The first-order chi connectivity index (χ1) is 7.81. The van der Waals surface area contributed by atoms with Gasteiger partial charge < -0.3 is 10.4 Å². The van der Waals surface area contributed by atoms with Crippen molar-refractivity contribution in [2.45, 2.75) is 6.04 Å². The molecule has 1 aromatic carbocycles. The van der Waals surface area contributed by atoms with Gasteiger partial charge in [0.05, 0.1) is 18.2 Å². The summed E-state index contributed by atoms with van der Waals surface area (Å²) in [5, 5.41) is 12.6. The van der Waals surface area contributed by atoms with E-state index in [9.17, 15) is 5.11 Å². The zero-order valence-corrected chi connectivity index (χ0v) is 10.8. The van der Waals surface area contributed by atoms with Crippen LogP contribution in [0.1, 0.15) is 10.9 Å². The van der Waals surface area contributed by atoms with Gasteiger partial charge in [0.1, 0.15) is 0 Å². The Bertz CT molecular complexity index is 447. The number of rotatable bonds is 4. The van der Waals surface area contributed by atoms with Gasteiger partial charge in [0, 0.05) is 21.2 Å². The SMILES string of the molecule is OCC(Nc1ccccc1Br)c1cncs1. The summed E-state index contributed by atoms with van der Waals surface area (Å²) in [6.45, 7) is 0.0452. The summed E-state index contributed by atoms with van der Waals surface area (Å²) < 4.78 is 0.984. The number of hydrogen-bond acceptors (Lipinski definition) is 4. The van der Waals surface area contributed by atoms with Gasteiger partial charge >= 0.3 is 0 Å². The second-order valence-electron chi connectivity index (χ2n) is 3.26. The summed E-state index contributed by atoms with van der Waals surface area (Å²) >= 11 is 4.99. The highest BCUT2D eigenvalue weighted by atomic mass is 79.9. The number of hydrogen-bond donors (Lipinski definition) is 2. The highest BCUT2D eigenvalue weighted by Gasteiger charge is 2.12. The lowest BCUT2D eigenvalue weighted by Crippen LogP contribution is -2.13. The third kappa shape index (κ3) is 2.61. The third-order valence-corrected chi connectivity index (χ3v) is 3.76. The van der Waals surface area contributed by atoms with Crippen LogP contribution in [0.3, 0.4) is 0 Å². The smallest absolute Gasteiger partial charge is 0.0854 e. The summed E-state index contributed by atoms with van der Waals surface area (Å²) in [5.41, 5.74) is 2.73. The van der Waals surface area contributed by atoms with E-state index in [-0.39, 0.29) is 12.6 Å². The van der Waals surface area contributed by atoms with Crippen LogP contribution >= 0.6 is 27.3 Å². The monoisotopic (exact) mass is 298 g/mol. The molecule has 0 aliphatic rings. The Morgan fingerprint density at radius 3 is 2.88 bits per heavy atom. The number of para-hydroxylation sites is 1. The first-order valence-electron chi connectivity index (χ1n) is 4.81. The van der Waals surface area contributed by atoms with Crippen molar-refractivity contribution in [1.82, 2.24) is 4.98 Å². The van der Waals surface area contributed by atoms with Gasteiger partial charge in [0.25, 0.3) is 0 Å². The number of thiazole rings is 1. The van der Waals surface area contributed by atoms with Crippen molar-refractivity contribution < 1.29 is 5.11 Å². The Morgan fingerprint density at radius 2 is 2.25 bits per heavy atom. The first-order valence-corrected chi connectivity index (χ1v) is 6.49. The van der Waals surface area contributed by atoms with Gasteiger partial charge in [0.15, 0.2) is 0 Å². The van der Waals surface area contributed by atoms with E-state index in [4.69, 9.17) is 0 Å². The van der Waals surface area contributed by atoms with Gasteiger partial charge in [-0.1, -0.05) is 12.1 Å². The standard InChI is InChI=1S/C11H11BrN2OS/c12-8-3-1-2-4-9(8)14-10(6-15)11-5-13-7-16-11/h1-5,7,10,14-15H,6H2. The molecule has 2 rings (SSSR count). The number of aliphatic hydroxyl groups excluding tert-OH is 1. The molecule has 16 heavy (non-hydrogen) atoms. The third-order valence-electron chi connectivity index (χ3n) is 2.18. The van der Waals surface area contributed by atoms with Crippen LogP contribution in [0.2, 0.25) is 0 Å². The number of nitrogens with zero attached hydrogens (tertiary/aromatic N) is 1. The summed E-state index contributed by atoms with van der Waals surface area (Å²) in [6.07, 6.45) is 1.77. The van der Waals surface area contributed by atoms with Crippen LogP contribution in [0.15, 0.2) is 40.4 Å². The van der Waals surface area contributed by atoms with Crippen LogP contribution < -0.4 is 5.32 Å². The van der Waals surface area contributed by atoms with Crippen molar-refractivity contribution >= 4 is 33.0 Å². The predicted molar refractivity (Wildman–Crippen MR) is 69.7 cm³/mol. The van der Waals surface area contributed by atoms with Gasteiger partial charge in [0.2, 0.25) is 0 Å². The van der Waals surface area contributed by atoms with Crippen molar-refractivity contribution in [2.24, 2.45) is 0 Å². The maximum Gasteiger partial charge on any atom is 0.0854 e. The van der Waals surface area contributed by atoms with Gasteiger partial charge in [-0.05, 0) is 28.1 Å². The van der Waals surface area contributed by atoms with E-state index in [0.29, 0.717) is 0 Å². The number of benzene rings is 1. The van der Waals surface area contributed by atoms with Crippen molar-refractivity contribution in [3.63, 3.8) is 0 Å². The highest BCUT2D eigenvalue weighted by Crippen LogP contribution is 2.27. The number of aromatic nitrogens is 1. The van der Waals surface area contributed by atoms with E-state index < -0.39 is 0 Å². The van der Waals surface area contributed by atoms with Gasteiger partial charge in [-0.2, -0.15) is 0 Å². The van der Waals surface area contributed by atoms with Gasteiger partial charge in [-0.3, -0.25) is 4.98 Å². The van der Waals surface area contributed by atoms with Crippen molar-refractivity contribution in [3.05, 3.63) is 45.3 Å². The van der Waals surface area contributed by atoms with E-state index in [1.165, 1.54) is 11.3 Å². The lowest BCUT2D eigenvalue weighted by molar-refractivity contribution is 0.277. The molecule has 5 heteroatoms. The molecule has 1 heterocycles. The van der Waals surface area contributed by atoms with Gasteiger partial charge in [-0.15, -0.1) is 11.3 Å². The molecule has 0 spiro atoms. The number of halogens is 1. The van der Waals surface area contributed by atoms with Gasteiger partial charge in [-0.25, -0.2) is 0 Å². The molecule has 0 radical (unpaired) electrons. The average Bonchev–Trinajstić information content (AvgIpc) is 2.81. The largest absolute Gasteiger partial charge is 0.394 e. The molecule has 0 bridgehead atoms. The Morgan fingerprint density at radius 1 is 1.44 bits per heavy atom. The minimum atomic E-state index is -0.105. The lowest BCUT2D eigenvalue weighted by Gasteiger charge is -2.16. The second-order valence-corrected chi connectivity index (χ2v) is 5.04. The zero-order valence-electron chi connectivity index (χ0n) is 8.43. The van der Waals surface area contributed by atoms with Crippen molar-refractivity contribution in [3.8, 4) is 0 Å². The Labute approximate surface area is 106 Å². The van der Waals surface area contributed by atoms with E-state index in [2.05, 4.69) is 26.2 Å². The molecule has 2 N–H and O–H groups in total. The Hall–Kier alpha value is -0.910. The van der Waals surface area contributed by atoms with Crippen LogP contribution in [0.4, 0.5) is 5.69 Å². The zero-order chi connectivity index (χ0) is 11.4. The van der Waals surface area contributed by atoms with Crippen LogP contribution in [-0.2, 0) is 0 Å². The molecule has 1 atom stereocenters. The Kier molecular flexibility index (Phi) is 3.93. The summed E-state index contributed by atoms with van der Waals surface area (Å²) in [4.78, 5) is 5.04. The van der Waals surface area contributed by atoms with E-state index >= 15 is 0 Å². The van der Waals surface area contributed by atoms with Crippen molar-refractivity contribution in [2.75, 3.05) is 11.9 Å². The number of nitrogens with one attached hydrogen (secondary N) is 1. The fraction of sp³-hybridized carbons (Fsp3) is 0.182. The van der Waals surface area contributed by atoms with E-state index in [1.54, 1.807) is 11.7 Å².